The van der Waals surface area contributed by atoms with Crippen molar-refractivity contribution in [3.8, 4) is 11.5 Å². The van der Waals surface area contributed by atoms with Crippen molar-refractivity contribution in [1.82, 2.24) is 0 Å². The van der Waals surface area contributed by atoms with Crippen molar-refractivity contribution >= 4 is 17.4 Å². The molecule has 1 unspecified atom stereocenters. The Hall–Kier alpha value is -2.89. The van der Waals surface area contributed by atoms with Gasteiger partial charge in [-0.3, -0.25) is 9.59 Å². The van der Waals surface area contributed by atoms with Gasteiger partial charge in [0, 0.05) is 30.6 Å². The summed E-state index contributed by atoms with van der Waals surface area (Å²) in [5, 5.41) is 0. The number of Topliss-reactive ketones (excluding diaryl/α,β-unsaturated/α-hetero) is 1. The molecule has 2 fully saturated rings. The Morgan fingerprint density at radius 1 is 1.00 bits per heavy atom. The van der Waals surface area contributed by atoms with Crippen LogP contribution in [0.2, 0.25) is 0 Å². The van der Waals surface area contributed by atoms with Crippen molar-refractivity contribution in [1.29, 1.82) is 0 Å². The van der Waals surface area contributed by atoms with E-state index in [0.29, 0.717) is 48.4 Å². The third kappa shape index (κ3) is 3.78. The summed E-state index contributed by atoms with van der Waals surface area (Å²) in [5.74, 6) is 1.53. The maximum Gasteiger partial charge on any atom is 0.268 e. The summed E-state index contributed by atoms with van der Waals surface area (Å²) < 4.78 is 26.0. The summed E-state index contributed by atoms with van der Waals surface area (Å²) in [4.78, 5) is 26.4. The van der Waals surface area contributed by atoms with Gasteiger partial charge in [-0.05, 0) is 60.7 Å². The quantitative estimate of drug-likeness (QED) is 0.684. The molecule has 30 heavy (non-hydrogen) atoms. The zero-order valence-electron chi connectivity index (χ0n) is 16.7. The fraction of sp³-hybridized carbons (Fsp3) is 0.417. The molecule has 2 aliphatic carbocycles. The first kappa shape index (κ1) is 19.1. The minimum absolute atomic E-state index is 0.0652. The summed E-state index contributed by atoms with van der Waals surface area (Å²) in [6.45, 7) is 1.15. The van der Waals surface area contributed by atoms with Gasteiger partial charge < -0.3 is 14.4 Å². The number of benzene rings is 2. The predicted molar refractivity (Wildman–Crippen MR) is 110 cm³/mol. The van der Waals surface area contributed by atoms with E-state index in [1.165, 1.54) is 23.8 Å². The molecular formula is C24H24FNO4. The van der Waals surface area contributed by atoms with Crippen molar-refractivity contribution in [3.63, 3.8) is 0 Å². The number of rotatable bonds is 7. The predicted octanol–water partition coefficient (Wildman–Crippen LogP) is 4.32. The first-order chi connectivity index (χ1) is 14.6. The fourth-order valence-corrected chi connectivity index (χ4v) is 4.20. The zero-order chi connectivity index (χ0) is 20.7. The maximum atomic E-state index is 14.4. The Bertz CT molecular complexity index is 983. The molecule has 3 aliphatic rings. The molecule has 1 saturated carbocycles. The molecule has 0 radical (unpaired) electrons. The largest absolute Gasteiger partial charge is 0.494 e. The SMILES string of the molecule is O=C1CCc2c(F)cc(N3CCC(Oc4ccc(OCCC5CC5)cc4)C3=O)cc21. The van der Waals surface area contributed by atoms with E-state index < -0.39 is 11.9 Å². The summed E-state index contributed by atoms with van der Waals surface area (Å²) in [5.41, 5.74) is 1.29. The van der Waals surface area contributed by atoms with E-state index in [2.05, 4.69) is 0 Å². The normalized spacial score (nSPS) is 20.6. The van der Waals surface area contributed by atoms with Gasteiger partial charge in [0.1, 0.15) is 17.3 Å². The Kier molecular flexibility index (Phi) is 4.93. The Morgan fingerprint density at radius 3 is 2.53 bits per heavy atom. The van der Waals surface area contributed by atoms with Crippen LogP contribution < -0.4 is 14.4 Å². The molecule has 0 spiro atoms. The number of fused-ring (bicyclic) bond motifs is 1. The molecule has 2 aromatic carbocycles. The van der Waals surface area contributed by atoms with Crippen LogP contribution in [0.15, 0.2) is 36.4 Å². The average Bonchev–Trinajstić information content (AvgIpc) is 3.39. The number of carbonyl (C=O) groups excluding carboxylic acids is 2. The molecule has 5 nitrogen and oxygen atoms in total. The molecule has 0 N–H and O–H groups in total. The number of ether oxygens (including phenoxy) is 2. The number of hydrogen-bond acceptors (Lipinski definition) is 4. The summed E-state index contributed by atoms with van der Waals surface area (Å²) in [6, 6.07) is 10.3. The van der Waals surface area contributed by atoms with Gasteiger partial charge in [-0.1, -0.05) is 12.8 Å². The second kappa shape index (κ2) is 7.74. The van der Waals surface area contributed by atoms with Gasteiger partial charge in [0.05, 0.1) is 6.61 Å². The van der Waals surface area contributed by atoms with Crippen LogP contribution in [0.1, 0.15) is 48.0 Å². The van der Waals surface area contributed by atoms with Crippen LogP contribution in [0.5, 0.6) is 11.5 Å². The van der Waals surface area contributed by atoms with E-state index in [4.69, 9.17) is 9.47 Å². The molecule has 6 heteroatoms. The van der Waals surface area contributed by atoms with Gasteiger partial charge in [0.15, 0.2) is 11.9 Å². The van der Waals surface area contributed by atoms with Crippen LogP contribution in [0.4, 0.5) is 10.1 Å². The molecule has 0 bridgehead atoms. The molecule has 1 amide bonds. The number of anilines is 1. The van der Waals surface area contributed by atoms with Gasteiger partial charge in [0.25, 0.3) is 5.91 Å². The third-order valence-electron chi connectivity index (χ3n) is 6.14. The Labute approximate surface area is 174 Å². The lowest BCUT2D eigenvalue weighted by Crippen LogP contribution is -2.32. The highest BCUT2D eigenvalue weighted by Crippen LogP contribution is 2.33. The molecule has 2 aromatic rings. The van der Waals surface area contributed by atoms with E-state index >= 15 is 0 Å². The van der Waals surface area contributed by atoms with E-state index in [1.807, 2.05) is 12.1 Å². The summed E-state index contributed by atoms with van der Waals surface area (Å²) in [7, 11) is 0. The second-order valence-electron chi connectivity index (χ2n) is 8.31. The average molecular weight is 409 g/mol. The zero-order valence-corrected chi connectivity index (χ0v) is 16.7. The summed E-state index contributed by atoms with van der Waals surface area (Å²) >= 11 is 0. The van der Waals surface area contributed by atoms with Crippen LogP contribution in [-0.2, 0) is 11.2 Å². The molecular weight excluding hydrogens is 385 g/mol. The van der Waals surface area contributed by atoms with Crippen molar-refractivity contribution in [2.45, 2.75) is 44.6 Å². The van der Waals surface area contributed by atoms with Gasteiger partial charge in [-0.25, -0.2) is 4.39 Å². The van der Waals surface area contributed by atoms with Crippen molar-refractivity contribution in [3.05, 3.63) is 53.3 Å². The Morgan fingerprint density at radius 2 is 1.77 bits per heavy atom. The van der Waals surface area contributed by atoms with Crippen molar-refractivity contribution in [2.75, 3.05) is 18.1 Å². The van der Waals surface area contributed by atoms with Gasteiger partial charge in [0.2, 0.25) is 0 Å². The minimum Gasteiger partial charge on any atom is -0.494 e. The van der Waals surface area contributed by atoms with Gasteiger partial charge in [-0.2, -0.15) is 0 Å². The lowest BCUT2D eigenvalue weighted by molar-refractivity contribution is -0.122. The number of nitrogens with zero attached hydrogens (tertiary/aromatic N) is 1. The fourth-order valence-electron chi connectivity index (χ4n) is 4.20. The Balaban J connectivity index is 1.22. The van der Waals surface area contributed by atoms with Crippen molar-refractivity contribution < 1.29 is 23.5 Å². The first-order valence-corrected chi connectivity index (χ1v) is 10.6. The number of hydrogen-bond donors (Lipinski definition) is 0. The minimum atomic E-state index is -0.626. The van der Waals surface area contributed by atoms with Crippen LogP contribution in [0.25, 0.3) is 0 Å². The number of ketones is 1. The standard InChI is InChI=1S/C24H24FNO4/c25-21-14-16(13-20-19(21)7-8-22(20)27)26-11-9-23(24(26)28)30-18-5-3-17(4-6-18)29-12-10-15-1-2-15/h3-6,13-15,23H,1-2,7-12H2. The molecule has 156 valence electrons. The van der Waals surface area contributed by atoms with Gasteiger partial charge in [-0.15, -0.1) is 0 Å². The smallest absolute Gasteiger partial charge is 0.268 e. The second-order valence-corrected chi connectivity index (χ2v) is 8.31. The lowest BCUT2D eigenvalue weighted by atomic mass is 10.1. The van der Waals surface area contributed by atoms with Gasteiger partial charge >= 0.3 is 0 Å². The highest BCUT2D eigenvalue weighted by molar-refractivity contribution is 6.04. The highest BCUT2D eigenvalue weighted by atomic mass is 19.1. The number of carbonyl (C=O) groups is 2. The monoisotopic (exact) mass is 409 g/mol. The molecule has 0 aromatic heterocycles. The molecule has 1 aliphatic heterocycles. The molecule has 1 saturated heterocycles. The highest BCUT2D eigenvalue weighted by Gasteiger charge is 2.36. The van der Waals surface area contributed by atoms with E-state index in [9.17, 15) is 14.0 Å². The van der Waals surface area contributed by atoms with Crippen LogP contribution in [0.3, 0.4) is 0 Å². The van der Waals surface area contributed by atoms with Crippen LogP contribution >= 0.6 is 0 Å². The number of amides is 1. The first-order valence-electron chi connectivity index (χ1n) is 10.6. The topological polar surface area (TPSA) is 55.8 Å². The van der Waals surface area contributed by atoms with Crippen LogP contribution in [-0.4, -0.2) is 30.9 Å². The van der Waals surface area contributed by atoms with Crippen LogP contribution in [0, 0.1) is 11.7 Å². The molecule has 1 atom stereocenters. The van der Waals surface area contributed by atoms with E-state index in [1.54, 1.807) is 18.2 Å². The maximum absolute atomic E-state index is 14.4. The van der Waals surface area contributed by atoms with E-state index in [0.717, 1.165) is 24.7 Å². The van der Waals surface area contributed by atoms with E-state index in [-0.39, 0.29) is 11.7 Å². The third-order valence-corrected chi connectivity index (χ3v) is 6.14. The lowest BCUT2D eigenvalue weighted by Gasteiger charge is -2.18. The number of halogens is 1. The summed E-state index contributed by atoms with van der Waals surface area (Å²) in [6.07, 6.45) is 4.37. The van der Waals surface area contributed by atoms with Crippen molar-refractivity contribution in [2.24, 2.45) is 5.92 Å². The molecule has 1 heterocycles. The molecule has 5 rings (SSSR count).